The number of hydrogen-bond acceptors (Lipinski definition) is 3. The van der Waals surface area contributed by atoms with E-state index in [2.05, 4.69) is 19.9 Å². The molecule has 0 bridgehead atoms. The summed E-state index contributed by atoms with van der Waals surface area (Å²) in [6.07, 6.45) is 5.85. The van der Waals surface area contributed by atoms with Crippen molar-refractivity contribution in [2.24, 2.45) is 0 Å². The molecule has 0 radical (unpaired) electrons. The van der Waals surface area contributed by atoms with E-state index < -0.39 is 0 Å². The van der Waals surface area contributed by atoms with Crippen molar-refractivity contribution in [3.8, 4) is 6.07 Å². The molecule has 2 nitrogen and oxygen atoms in total. The Hall–Kier alpha value is -1.01. The van der Waals surface area contributed by atoms with Crippen LogP contribution in [0, 0.1) is 11.3 Å². The van der Waals surface area contributed by atoms with E-state index in [4.69, 9.17) is 5.73 Å². The predicted molar refractivity (Wildman–Crippen MR) is 68.6 cm³/mol. The van der Waals surface area contributed by atoms with E-state index in [-0.39, 0.29) is 5.41 Å². The number of nitrogen functional groups attached to an aromatic ring is 1. The summed E-state index contributed by atoms with van der Waals surface area (Å²) in [4.78, 5) is 1.36. The van der Waals surface area contributed by atoms with Gasteiger partial charge >= 0.3 is 0 Å². The molecule has 0 saturated heterocycles. The van der Waals surface area contributed by atoms with Gasteiger partial charge in [-0.2, -0.15) is 5.26 Å². The van der Waals surface area contributed by atoms with E-state index in [1.807, 2.05) is 0 Å². The summed E-state index contributed by atoms with van der Waals surface area (Å²) >= 11 is 1.62. The number of anilines is 1. The van der Waals surface area contributed by atoms with Crippen molar-refractivity contribution in [3.05, 3.63) is 16.0 Å². The second-order valence-corrected chi connectivity index (χ2v) is 6.05. The lowest BCUT2D eigenvalue weighted by molar-refractivity contribution is 0.366. The van der Waals surface area contributed by atoms with E-state index in [9.17, 15) is 5.26 Å². The topological polar surface area (TPSA) is 49.8 Å². The Bertz CT molecular complexity index is 442. The maximum Gasteiger partial charge on any atom is 0.104 e. The van der Waals surface area contributed by atoms with E-state index in [1.165, 1.54) is 23.3 Å². The van der Waals surface area contributed by atoms with Crippen LogP contribution in [-0.2, 0) is 11.8 Å². The van der Waals surface area contributed by atoms with Crippen molar-refractivity contribution < 1.29 is 0 Å². The first-order chi connectivity index (χ1) is 7.62. The Labute approximate surface area is 101 Å². The van der Waals surface area contributed by atoms with Gasteiger partial charge in [0.2, 0.25) is 0 Å². The highest BCUT2D eigenvalue weighted by molar-refractivity contribution is 7.16. The van der Waals surface area contributed by atoms with Crippen LogP contribution in [0.1, 0.15) is 55.5 Å². The van der Waals surface area contributed by atoms with E-state index in [0.717, 1.165) is 29.8 Å². The Morgan fingerprint density at radius 1 is 1.56 bits per heavy atom. The monoisotopic (exact) mass is 234 g/mol. The molecule has 0 fully saturated rings. The highest BCUT2D eigenvalue weighted by Crippen LogP contribution is 2.47. The third-order valence-corrected chi connectivity index (χ3v) is 4.74. The van der Waals surface area contributed by atoms with Crippen LogP contribution in [0.25, 0.3) is 0 Å². The van der Waals surface area contributed by atoms with Crippen LogP contribution in [0.2, 0.25) is 0 Å². The maximum atomic E-state index is 9.24. The quantitative estimate of drug-likeness (QED) is 0.850. The zero-order valence-corrected chi connectivity index (χ0v) is 10.8. The standard InChI is InChI=1S/C13H18N2S/c1-3-6-13(2)7-4-5-10-11(13)9(8-14)12(15)16-10/h3-7,15H2,1-2H3. The lowest BCUT2D eigenvalue weighted by Gasteiger charge is -2.34. The highest BCUT2D eigenvalue weighted by Gasteiger charge is 2.36. The molecule has 1 aromatic heterocycles. The van der Waals surface area contributed by atoms with Crippen LogP contribution < -0.4 is 5.73 Å². The van der Waals surface area contributed by atoms with Gasteiger partial charge in [0.1, 0.15) is 11.1 Å². The molecule has 1 aliphatic carbocycles. The maximum absolute atomic E-state index is 9.24. The van der Waals surface area contributed by atoms with Gasteiger partial charge in [0, 0.05) is 4.88 Å². The van der Waals surface area contributed by atoms with Crippen LogP contribution in [-0.4, -0.2) is 0 Å². The molecule has 1 heterocycles. The summed E-state index contributed by atoms with van der Waals surface area (Å²) in [5.74, 6) is 0. The number of nitrogens with two attached hydrogens (primary N) is 1. The molecule has 86 valence electrons. The van der Waals surface area contributed by atoms with Crippen LogP contribution in [0.15, 0.2) is 0 Å². The van der Waals surface area contributed by atoms with E-state index in [1.54, 1.807) is 11.3 Å². The molecule has 1 aliphatic rings. The van der Waals surface area contributed by atoms with Crippen LogP contribution >= 0.6 is 11.3 Å². The second-order valence-electron chi connectivity index (χ2n) is 4.92. The van der Waals surface area contributed by atoms with E-state index >= 15 is 0 Å². The zero-order valence-electron chi connectivity index (χ0n) is 9.97. The van der Waals surface area contributed by atoms with Gasteiger partial charge in [0.05, 0.1) is 5.56 Å². The fourth-order valence-corrected chi connectivity index (χ4v) is 4.20. The Balaban J connectivity index is 2.56. The van der Waals surface area contributed by atoms with Crippen molar-refractivity contribution in [3.63, 3.8) is 0 Å². The largest absolute Gasteiger partial charge is 0.389 e. The van der Waals surface area contributed by atoms with Gasteiger partial charge < -0.3 is 5.73 Å². The molecule has 1 unspecified atom stereocenters. The summed E-state index contributed by atoms with van der Waals surface area (Å²) < 4.78 is 0. The van der Waals surface area contributed by atoms with Crippen molar-refractivity contribution in [1.29, 1.82) is 5.26 Å². The number of rotatable bonds is 2. The second kappa shape index (κ2) is 4.10. The third kappa shape index (κ3) is 1.62. The number of thiophene rings is 1. The number of hydrogen-bond donors (Lipinski definition) is 1. The van der Waals surface area contributed by atoms with Gasteiger partial charge in [-0.3, -0.25) is 0 Å². The van der Waals surface area contributed by atoms with Crippen LogP contribution in [0.4, 0.5) is 5.00 Å². The van der Waals surface area contributed by atoms with Gasteiger partial charge in [-0.15, -0.1) is 11.3 Å². The number of fused-ring (bicyclic) bond motifs is 1. The number of nitriles is 1. The Morgan fingerprint density at radius 2 is 2.31 bits per heavy atom. The molecule has 3 heteroatoms. The van der Waals surface area contributed by atoms with Crippen molar-refractivity contribution in [2.45, 2.75) is 51.4 Å². The van der Waals surface area contributed by atoms with Gasteiger partial charge in [0.25, 0.3) is 0 Å². The molecule has 0 saturated carbocycles. The summed E-state index contributed by atoms with van der Waals surface area (Å²) in [7, 11) is 0. The molecule has 2 rings (SSSR count). The van der Waals surface area contributed by atoms with Gasteiger partial charge in [-0.25, -0.2) is 0 Å². The minimum atomic E-state index is 0.182. The van der Waals surface area contributed by atoms with Crippen LogP contribution in [0.5, 0.6) is 0 Å². The fraction of sp³-hybridized carbons (Fsp3) is 0.615. The molecule has 2 N–H and O–H groups in total. The molecule has 0 amide bonds. The first-order valence-electron chi connectivity index (χ1n) is 5.94. The Kier molecular flexibility index (Phi) is 2.94. The summed E-state index contributed by atoms with van der Waals surface area (Å²) in [6.45, 7) is 4.50. The summed E-state index contributed by atoms with van der Waals surface area (Å²) in [5.41, 5.74) is 8.16. The minimum Gasteiger partial charge on any atom is -0.389 e. The van der Waals surface area contributed by atoms with Gasteiger partial charge in [-0.05, 0) is 36.7 Å². The first-order valence-corrected chi connectivity index (χ1v) is 6.75. The molecule has 0 aliphatic heterocycles. The van der Waals surface area contributed by atoms with Crippen LogP contribution in [0.3, 0.4) is 0 Å². The van der Waals surface area contributed by atoms with Crippen molar-refractivity contribution >= 4 is 16.3 Å². The fourth-order valence-electron chi connectivity index (χ4n) is 2.99. The molecular weight excluding hydrogens is 216 g/mol. The Morgan fingerprint density at radius 3 is 2.94 bits per heavy atom. The van der Waals surface area contributed by atoms with Crippen molar-refractivity contribution in [2.75, 3.05) is 5.73 Å². The smallest absolute Gasteiger partial charge is 0.104 e. The predicted octanol–water partition coefficient (Wildman–Crippen LogP) is 3.60. The number of aryl methyl sites for hydroxylation is 1. The average Bonchev–Trinajstić information content (AvgIpc) is 2.55. The third-order valence-electron chi connectivity index (χ3n) is 3.66. The van der Waals surface area contributed by atoms with Gasteiger partial charge in [0.15, 0.2) is 0 Å². The minimum absolute atomic E-state index is 0.182. The average molecular weight is 234 g/mol. The van der Waals surface area contributed by atoms with E-state index in [0.29, 0.717) is 0 Å². The first kappa shape index (κ1) is 11.5. The SMILES string of the molecule is CCCC1(C)CCCc2sc(N)c(C#N)c21. The normalized spacial score (nSPS) is 23.8. The molecule has 1 aromatic rings. The van der Waals surface area contributed by atoms with Gasteiger partial charge in [-0.1, -0.05) is 20.3 Å². The van der Waals surface area contributed by atoms with Crippen molar-refractivity contribution in [1.82, 2.24) is 0 Å². The lowest BCUT2D eigenvalue weighted by Crippen LogP contribution is -2.27. The summed E-state index contributed by atoms with van der Waals surface area (Å²) in [5, 5.41) is 9.96. The summed E-state index contributed by atoms with van der Waals surface area (Å²) in [6, 6.07) is 2.30. The lowest BCUT2D eigenvalue weighted by atomic mass is 9.70. The molecule has 0 aromatic carbocycles. The molecule has 1 atom stereocenters. The molecular formula is C13H18N2S. The highest BCUT2D eigenvalue weighted by atomic mass is 32.1. The molecule has 0 spiro atoms. The number of nitrogens with zero attached hydrogens (tertiary/aromatic N) is 1. The molecule has 16 heavy (non-hydrogen) atoms. The zero-order chi connectivity index (χ0) is 11.8.